The van der Waals surface area contributed by atoms with Crippen LogP contribution in [0, 0.1) is 0 Å². The van der Waals surface area contributed by atoms with Crippen molar-refractivity contribution in [3.05, 3.63) is 71.8 Å². The lowest BCUT2D eigenvalue weighted by Gasteiger charge is -2.39. The zero-order valence-electron chi connectivity index (χ0n) is 18.2. The minimum atomic E-state index is -6.13. The molecule has 0 aromatic heterocycles. The Morgan fingerprint density at radius 2 is 1.51 bits per heavy atom. The molecule has 1 aliphatic heterocycles. The zero-order chi connectivity index (χ0) is 25.6. The number of alkyl halides is 3. The van der Waals surface area contributed by atoms with Gasteiger partial charge in [0.1, 0.15) is 24.9 Å². The molecule has 0 N–H and O–H groups in total. The number of esters is 2. The van der Waals surface area contributed by atoms with Gasteiger partial charge in [0.05, 0.1) is 11.1 Å². The lowest BCUT2D eigenvalue weighted by atomic mass is 10.0. The molecule has 1 fully saturated rings. The molecule has 35 heavy (non-hydrogen) atoms. The van der Waals surface area contributed by atoms with Crippen LogP contribution in [0.3, 0.4) is 0 Å². The number of hydrogen-bond acceptors (Lipinski definition) is 9. The Morgan fingerprint density at radius 1 is 0.971 bits per heavy atom. The van der Waals surface area contributed by atoms with Crippen LogP contribution in [0.2, 0.25) is 0 Å². The second-order valence-corrected chi connectivity index (χ2v) is 8.87. The molecule has 3 rings (SSSR count). The molecular formula is C22H21F3O9S. The first kappa shape index (κ1) is 26.6. The van der Waals surface area contributed by atoms with Gasteiger partial charge in [-0.15, -0.1) is 0 Å². The van der Waals surface area contributed by atoms with Crippen molar-refractivity contribution in [2.24, 2.45) is 0 Å². The number of carbonyl (C=O) groups excluding carboxylic acids is 2. The van der Waals surface area contributed by atoms with E-state index in [2.05, 4.69) is 4.18 Å². The molecular weight excluding hydrogens is 497 g/mol. The van der Waals surface area contributed by atoms with Crippen molar-refractivity contribution in [3.63, 3.8) is 0 Å². The van der Waals surface area contributed by atoms with E-state index in [1.807, 2.05) is 0 Å². The van der Waals surface area contributed by atoms with Gasteiger partial charge in [-0.2, -0.15) is 21.6 Å². The highest BCUT2D eigenvalue weighted by Crippen LogP contribution is 2.33. The van der Waals surface area contributed by atoms with Gasteiger partial charge in [0.2, 0.25) is 0 Å². The molecule has 1 saturated heterocycles. The number of hydrogen-bond donors (Lipinski definition) is 0. The third-order valence-corrected chi connectivity index (χ3v) is 5.97. The molecule has 4 atom stereocenters. The first-order chi connectivity index (χ1) is 16.5. The van der Waals surface area contributed by atoms with E-state index in [0.717, 1.165) is 0 Å². The lowest BCUT2D eigenvalue weighted by Crippen LogP contribution is -2.55. The van der Waals surface area contributed by atoms with E-state index in [4.69, 9.17) is 18.9 Å². The minimum absolute atomic E-state index is 0.0671. The highest BCUT2D eigenvalue weighted by atomic mass is 32.2. The van der Waals surface area contributed by atoms with Crippen molar-refractivity contribution in [3.8, 4) is 0 Å². The predicted octanol–water partition coefficient (Wildman–Crippen LogP) is 3.07. The maximum atomic E-state index is 13.1. The third kappa shape index (κ3) is 6.78. The molecule has 0 bridgehead atoms. The Morgan fingerprint density at radius 3 is 2.03 bits per heavy atom. The molecule has 2 aromatic rings. The van der Waals surface area contributed by atoms with E-state index in [1.54, 1.807) is 24.3 Å². The number of carbonyl (C=O) groups is 2. The molecule has 1 heterocycles. The summed E-state index contributed by atoms with van der Waals surface area (Å²) in [5.41, 5.74) is -5.55. The summed E-state index contributed by atoms with van der Waals surface area (Å²) in [4.78, 5) is 24.9. The summed E-state index contributed by atoms with van der Waals surface area (Å²) in [6, 6.07) is 15.2. The molecule has 0 spiro atoms. The van der Waals surface area contributed by atoms with Crippen LogP contribution in [0.5, 0.6) is 0 Å². The highest BCUT2D eigenvalue weighted by molar-refractivity contribution is 7.87. The monoisotopic (exact) mass is 518 g/mol. The summed E-state index contributed by atoms with van der Waals surface area (Å²) in [5, 5.41) is 0. The van der Waals surface area contributed by atoms with Crippen LogP contribution in [0.4, 0.5) is 13.2 Å². The van der Waals surface area contributed by atoms with Crippen LogP contribution in [0.15, 0.2) is 60.7 Å². The van der Waals surface area contributed by atoms with Crippen molar-refractivity contribution in [2.45, 2.75) is 36.5 Å². The molecule has 0 unspecified atom stereocenters. The van der Waals surface area contributed by atoms with Crippen LogP contribution in [-0.2, 0) is 33.2 Å². The Balaban J connectivity index is 1.87. The molecule has 1 aliphatic rings. The maximum Gasteiger partial charge on any atom is 0.523 e. The topological polar surface area (TPSA) is 114 Å². The van der Waals surface area contributed by atoms with Gasteiger partial charge >= 0.3 is 27.6 Å². The Bertz CT molecular complexity index is 1110. The van der Waals surface area contributed by atoms with Gasteiger partial charge in [-0.1, -0.05) is 36.4 Å². The number of halogens is 3. The smallest absolute Gasteiger partial charge is 0.459 e. The van der Waals surface area contributed by atoms with Crippen LogP contribution >= 0.6 is 0 Å². The van der Waals surface area contributed by atoms with E-state index in [9.17, 15) is 31.2 Å². The van der Waals surface area contributed by atoms with Crippen LogP contribution in [-0.4, -0.2) is 64.2 Å². The SMILES string of the molecule is CO[C@H]1C[C@@H](OC(=O)c2ccccc2)[C@@H](OS(=O)(=O)C(F)(F)F)[C@@H](COC(=O)c2ccccc2)O1. The molecule has 0 radical (unpaired) electrons. The van der Waals surface area contributed by atoms with Gasteiger partial charge in [-0.25, -0.2) is 9.59 Å². The molecule has 9 nitrogen and oxygen atoms in total. The van der Waals surface area contributed by atoms with Crippen LogP contribution in [0.1, 0.15) is 27.1 Å². The maximum absolute atomic E-state index is 13.1. The average Bonchev–Trinajstić information content (AvgIpc) is 2.84. The average molecular weight is 518 g/mol. The summed E-state index contributed by atoms with van der Waals surface area (Å²) in [7, 11) is -4.91. The third-order valence-electron chi connectivity index (χ3n) is 4.92. The summed E-state index contributed by atoms with van der Waals surface area (Å²) in [6.07, 6.45) is -6.62. The van der Waals surface area contributed by atoms with Crippen LogP contribution in [0.25, 0.3) is 0 Å². The molecule has 190 valence electrons. The quantitative estimate of drug-likeness (QED) is 0.295. The predicted molar refractivity (Wildman–Crippen MR) is 113 cm³/mol. The minimum Gasteiger partial charge on any atom is -0.459 e. The van der Waals surface area contributed by atoms with Crippen molar-refractivity contribution in [1.29, 1.82) is 0 Å². The molecule has 0 aliphatic carbocycles. The largest absolute Gasteiger partial charge is 0.523 e. The summed E-state index contributed by atoms with van der Waals surface area (Å²) < 4.78 is 88.2. The number of rotatable bonds is 8. The summed E-state index contributed by atoms with van der Waals surface area (Å²) in [6.45, 7) is -0.717. The second-order valence-electron chi connectivity index (χ2n) is 7.31. The van der Waals surface area contributed by atoms with E-state index in [1.165, 1.54) is 43.5 Å². The van der Waals surface area contributed by atoms with E-state index >= 15 is 0 Å². The van der Waals surface area contributed by atoms with Gasteiger partial charge < -0.3 is 18.9 Å². The van der Waals surface area contributed by atoms with Gasteiger partial charge in [-0.05, 0) is 24.3 Å². The molecule has 0 amide bonds. The first-order valence-corrected chi connectivity index (χ1v) is 11.6. The summed E-state index contributed by atoms with van der Waals surface area (Å²) in [5.74, 6) is -1.78. The van der Waals surface area contributed by atoms with Crippen molar-refractivity contribution in [2.75, 3.05) is 13.7 Å². The van der Waals surface area contributed by atoms with Gasteiger partial charge in [0, 0.05) is 13.5 Å². The second kappa shape index (κ2) is 11.2. The van der Waals surface area contributed by atoms with Gasteiger partial charge in [0.15, 0.2) is 6.29 Å². The Hall–Kier alpha value is -3.00. The standard InChI is InChI=1S/C22H21F3O9S/c1-30-18-12-16(33-21(27)15-10-6-3-7-11-15)19(34-35(28,29)22(23,24)25)17(32-18)13-31-20(26)14-8-4-2-5-9-14/h2-11,16-19H,12-13H2,1H3/t16-,17-,18-,19-/m1/s1. The van der Waals surface area contributed by atoms with Crippen molar-refractivity contribution >= 4 is 22.1 Å². The molecule has 2 aromatic carbocycles. The van der Waals surface area contributed by atoms with Crippen molar-refractivity contribution in [1.82, 2.24) is 0 Å². The fraction of sp³-hybridized carbons (Fsp3) is 0.364. The first-order valence-electron chi connectivity index (χ1n) is 10.2. The van der Waals surface area contributed by atoms with Gasteiger partial charge in [0.25, 0.3) is 0 Å². The summed E-state index contributed by atoms with van der Waals surface area (Å²) >= 11 is 0. The van der Waals surface area contributed by atoms with Crippen molar-refractivity contribution < 1.29 is 54.3 Å². The highest BCUT2D eigenvalue weighted by Gasteiger charge is 2.53. The zero-order valence-corrected chi connectivity index (χ0v) is 19.0. The van der Waals surface area contributed by atoms with Crippen LogP contribution < -0.4 is 0 Å². The molecule has 13 heteroatoms. The molecule has 0 saturated carbocycles. The van der Waals surface area contributed by atoms with Gasteiger partial charge in [-0.3, -0.25) is 4.18 Å². The fourth-order valence-electron chi connectivity index (χ4n) is 3.21. The van der Waals surface area contributed by atoms with E-state index < -0.39 is 58.8 Å². The van der Waals surface area contributed by atoms with E-state index in [0.29, 0.717) is 0 Å². The van der Waals surface area contributed by atoms with E-state index in [-0.39, 0.29) is 17.5 Å². The Labute approximate surface area is 198 Å². The fourth-order valence-corrected chi connectivity index (χ4v) is 3.86. The number of benzene rings is 2. The number of ether oxygens (including phenoxy) is 4. The Kier molecular flexibility index (Phi) is 8.48. The normalized spacial score (nSPS) is 22.9. The number of methoxy groups -OCH3 is 1. The lowest BCUT2D eigenvalue weighted by molar-refractivity contribution is -0.244.